The Morgan fingerprint density at radius 3 is 2.33 bits per heavy atom. The fraction of sp³-hybridized carbons (Fsp3) is 0.500. The molecule has 3 aliphatic rings. The standard InChI is InChI=1S/C24H34N2S/c1-24(2,3)25-27(4,19-12-6-5-7-13-19)23-18-22(26-16-10-11-17-26)20-14-8-9-15-21(20)23/h5-9,12-15,18,20-21,23,25H,10-11,16-17H2,1-4H3. The highest BCUT2D eigenvalue weighted by Crippen LogP contribution is 2.62. The van der Waals surface area contributed by atoms with E-state index in [0.29, 0.717) is 17.1 Å². The number of fused-ring (bicyclic) bond motifs is 1. The van der Waals surface area contributed by atoms with E-state index in [1.165, 1.54) is 30.8 Å². The lowest BCUT2D eigenvalue weighted by Crippen LogP contribution is -2.43. The van der Waals surface area contributed by atoms with Crippen LogP contribution >= 0.6 is 10.2 Å². The number of rotatable bonds is 4. The van der Waals surface area contributed by atoms with Crippen molar-refractivity contribution in [3.8, 4) is 0 Å². The molecule has 0 saturated carbocycles. The second-order valence-corrected chi connectivity index (χ2v) is 12.5. The lowest BCUT2D eigenvalue weighted by molar-refractivity contribution is 0.373. The lowest BCUT2D eigenvalue weighted by atomic mass is 9.89. The van der Waals surface area contributed by atoms with Gasteiger partial charge in [0.2, 0.25) is 0 Å². The fourth-order valence-electron chi connectivity index (χ4n) is 4.99. The van der Waals surface area contributed by atoms with E-state index in [4.69, 9.17) is 0 Å². The molecule has 1 heterocycles. The number of hydrogen-bond acceptors (Lipinski definition) is 2. The van der Waals surface area contributed by atoms with Crippen molar-refractivity contribution < 1.29 is 0 Å². The molecule has 0 bridgehead atoms. The van der Waals surface area contributed by atoms with E-state index >= 15 is 0 Å². The molecule has 146 valence electrons. The molecular formula is C24H34N2S. The summed E-state index contributed by atoms with van der Waals surface area (Å²) in [5.74, 6) is 1.09. The molecule has 0 radical (unpaired) electrons. The first-order valence-electron chi connectivity index (χ1n) is 10.3. The Hall–Kier alpha value is -1.45. The predicted molar refractivity (Wildman–Crippen MR) is 119 cm³/mol. The van der Waals surface area contributed by atoms with Crippen LogP contribution in [0.1, 0.15) is 33.6 Å². The minimum absolute atomic E-state index is 0.0773. The van der Waals surface area contributed by atoms with E-state index < -0.39 is 10.2 Å². The van der Waals surface area contributed by atoms with E-state index in [1.54, 1.807) is 5.70 Å². The minimum atomic E-state index is -1.22. The second kappa shape index (κ2) is 7.18. The van der Waals surface area contributed by atoms with E-state index in [1.807, 2.05) is 0 Å². The molecule has 0 spiro atoms. The van der Waals surface area contributed by atoms with Crippen LogP contribution in [0.4, 0.5) is 0 Å². The van der Waals surface area contributed by atoms with Crippen molar-refractivity contribution >= 4 is 10.2 Å². The Kier molecular flexibility index (Phi) is 5.02. The SMILES string of the molecule is CC(C)(C)NS(C)(c1ccccc1)C1C=C(N2CCCC2)C2C=CC=CC21. The largest absolute Gasteiger partial charge is 0.375 e. The molecule has 1 N–H and O–H groups in total. The summed E-state index contributed by atoms with van der Waals surface area (Å²) in [6.07, 6.45) is 17.2. The summed E-state index contributed by atoms with van der Waals surface area (Å²) < 4.78 is 4.10. The summed E-state index contributed by atoms with van der Waals surface area (Å²) in [7, 11) is -1.22. The molecule has 2 aliphatic carbocycles. The van der Waals surface area contributed by atoms with Gasteiger partial charge in [0.15, 0.2) is 0 Å². The van der Waals surface area contributed by atoms with Crippen molar-refractivity contribution in [1.82, 2.24) is 9.62 Å². The maximum absolute atomic E-state index is 4.10. The maximum atomic E-state index is 4.10. The van der Waals surface area contributed by atoms with Gasteiger partial charge < -0.3 is 4.90 Å². The Bertz CT molecular complexity index is 752. The van der Waals surface area contributed by atoms with Crippen LogP contribution in [0.25, 0.3) is 0 Å². The van der Waals surface area contributed by atoms with Crippen molar-refractivity contribution in [2.24, 2.45) is 11.8 Å². The zero-order chi connectivity index (χ0) is 19.1. The van der Waals surface area contributed by atoms with E-state index in [0.717, 1.165) is 0 Å². The second-order valence-electron chi connectivity index (χ2n) is 9.27. The minimum Gasteiger partial charge on any atom is -0.375 e. The molecule has 4 atom stereocenters. The highest BCUT2D eigenvalue weighted by Gasteiger charge is 2.45. The smallest absolute Gasteiger partial charge is 0.0315 e. The van der Waals surface area contributed by atoms with Gasteiger partial charge in [-0.15, -0.1) is 0 Å². The molecule has 2 nitrogen and oxygen atoms in total. The Balaban J connectivity index is 1.78. The number of nitrogens with one attached hydrogen (secondary N) is 1. The summed E-state index contributed by atoms with van der Waals surface area (Å²) >= 11 is 0. The topological polar surface area (TPSA) is 15.3 Å². The van der Waals surface area contributed by atoms with Crippen LogP contribution in [0.2, 0.25) is 0 Å². The molecule has 3 heteroatoms. The third-order valence-corrected chi connectivity index (χ3v) is 9.83. The average Bonchev–Trinajstić information content (AvgIpc) is 3.29. The number of benzene rings is 1. The molecule has 1 aromatic carbocycles. The van der Waals surface area contributed by atoms with E-state index in [9.17, 15) is 0 Å². The van der Waals surface area contributed by atoms with Gasteiger partial charge in [-0.3, -0.25) is 4.72 Å². The van der Waals surface area contributed by atoms with Crippen molar-refractivity contribution in [2.75, 3.05) is 19.3 Å². The Morgan fingerprint density at radius 1 is 1.00 bits per heavy atom. The molecule has 0 amide bonds. The molecule has 1 aliphatic heterocycles. The number of allylic oxidation sites excluding steroid dienone is 4. The molecule has 4 rings (SSSR count). The van der Waals surface area contributed by atoms with E-state index in [2.05, 4.69) is 97.4 Å². The van der Waals surface area contributed by atoms with Crippen molar-refractivity contribution in [3.05, 3.63) is 66.4 Å². The molecule has 4 unspecified atom stereocenters. The van der Waals surface area contributed by atoms with Crippen LogP contribution in [0.5, 0.6) is 0 Å². The van der Waals surface area contributed by atoms with Gasteiger partial charge in [0, 0.05) is 46.3 Å². The molecule has 1 fully saturated rings. The Labute approximate surface area is 166 Å². The van der Waals surface area contributed by atoms with Crippen molar-refractivity contribution in [2.45, 2.75) is 49.3 Å². The predicted octanol–water partition coefficient (Wildman–Crippen LogP) is 5.50. The van der Waals surface area contributed by atoms with Crippen LogP contribution < -0.4 is 4.72 Å². The summed E-state index contributed by atoms with van der Waals surface area (Å²) in [4.78, 5) is 4.12. The quantitative estimate of drug-likeness (QED) is 0.739. The van der Waals surface area contributed by atoms with Gasteiger partial charge in [-0.2, -0.15) is 10.2 Å². The zero-order valence-electron chi connectivity index (χ0n) is 17.2. The Morgan fingerprint density at radius 2 is 1.67 bits per heavy atom. The summed E-state index contributed by atoms with van der Waals surface area (Å²) in [5.41, 5.74) is 1.65. The highest BCUT2D eigenvalue weighted by atomic mass is 32.3. The van der Waals surface area contributed by atoms with Crippen LogP contribution in [-0.2, 0) is 0 Å². The zero-order valence-corrected chi connectivity index (χ0v) is 18.0. The first-order valence-corrected chi connectivity index (χ1v) is 12.4. The monoisotopic (exact) mass is 382 g/mol. The third-order valence-electron chi connectivity index (χ3n) is 6.00. The van der Waals surface area contributed by atoms with Gasteiger partial charge in [0.1, 0.15) is 0 Å². The molecular weight excluding hydrogens is 348 g/mol. The number of hydrogen-bond donors (Lipinski definition) is 1. The summed E-state index contributed by atoms with van der Waals surface area (Å²) in [5, 5.41) is 0.515. The summed E-state index contributed by atoms with van der Waals surface area (Å²) in [6.45, 7) is 9.35. The van der Waals surface area contributed by atoms with Gasteiger partial charge in [0.25, 0.3) is 0 Å². The van der Waals surface area contributed by atoms with Crippen molar-refractivity contribution in [1.29, 1.82) is 0 Å². The number of likely N-dealkylation sites (tertiary alicyclic amines) is 1. The normalized spacial score (nSPS) is 30.7. The first kappa shape index (κ1) is 18.9. The van der Waals surface area contributed by atoms with Gasteiger partial charge in [-0.05, 0) is 52.0 Å². The average molecular weight is 383 g/mol. The third kappa shape index (κ3) is 3.64. The van der Waals surface area contributed by atoms with Gasteiger partial charge in [-0.1, -0.05) is 48.6 Å². The first-order chi connectivity index (χ1) is 12.9. The highest BCUT2D eigenvalue weighted by molar-refractivity contribution is 8.32. The summed E-state index contributed by atoms with van der Waals surface area (Å²) in [6, 6.07) is 11.2. The van der Waals surface area contributed by atoms with Crippen LogP contribution in [0, 0.1) is 11.8 Å². The fourth-order valence-corrected chi connectivity index (χ4v) is 8.85. The number of nitrogens with zero attached hydrogens (tertiary/aromatic N) is 1. The van der Waals surface area contributed by atoms with Gasteiger partial charge in [0.05, 0.1) is 0 Å². The molecule has 27 heavy (non-hydrogen) atoms. The van der Waals surface area contributed by atoms with E-state index in [-0.39, 0.29) is 5.54 Å². The maximum Gasteiger partial charge on any atom is 0.0315 e. The molecule has 1 saturated heterocycles. The molecule has 0 aromatic heterocycles. The molecule has 1 aromatic rings. The van der Waals surface area contributed by atoms with Crippen LogP contribution in [-0.4, -0.2) is 35.0 Å². The van der Waals surface area contributed by atoms with Gasteiger partial charge in [-0.25, -0.2) is 0 Å². The van der Waals surface area contributed by atoms with Crippen molar-refractivity contribution in [3.63, 3.8) is 0 Å². The van der Waals surface area contributed by atoms with Gasteiger partial charge >= 0.3 is 0 Å². The van der Waals surface area contributed by atoms with Crippen LogP contribution in [0.15, 0.2) is 71.3 Å². The lowest BCUT2D eigenvalue weighted by Gasteiger charge is -2.49. The van der Waals surface area contributed by atoms with Crippen LogP contribution in [0.3, 0.4) is 0 Å².